The Labute approximate surface area is 131 Å². The second kappa shape index (κ2) is 5.63. The molecule has 2 nitrogen and oxygen atoms in total. The molecule has 3 N–H and O–H groups in total. The molecule has 0 bridgehead atoms. The maximum atomic E-state index is 13.5. The van der Waals surface area contributed by atoms with Gasteiger partial charge in [0, 0.05) is 10.5 Å². The molecule has 6 heteroatoms. The van der Waals surface area contributed by atoms with Gasteiger partial charge in [0.2, 0.25) is 0 Å². The fourth-order valence-corrected chi connectivity index (χ4v) is 2.43. The molecule has 0 aromatic heterocycles. The third kappa shape index (κ3) is 3.07. The Morgan fingerprint density at radius 1 is 1.22 bits per heavy atom. The molecule has 2 rings (SSSR count). The van der Waals surface area contributed by atoms with Crippen molar-refractivity contribution in [2.45, 2.75) is 0 Å². The largest absolute Gasteiger partial charge is 0.397 e. The first kappa shape index (κ1) is 13.9. The van der Waals surface area contributed by atoms with Gasteiger partial charge < -0.3 is 11.1 Å². The van der Waals surface area contributed by atoms with Crippen molar-refractivity contribution < 1.29 is 4.39 Å². The van der Waals surface area contributed by atoms with Crippen LogP contribution < -0.4 is 11.1 Å². The van der Waals surface area contributed by atoms with Gasteiger partial charge in [-0.15, -0.1) is 0 Å². The zero-order valence-corrected chi connectivity index (χ0v) is 13.5. The van der Waals surface area contributed by atoms with E-state index in [1.165, 1.54) is 6.07 Å². The van der Waals surface area contributed by atoms with Gasteiger partial charge >= 0.3 is 0 Å². The van der Waals surface area contributed by atoms with Crippen LogP contribution in [-0.2, 0) is 0 Å². The monoisotopic (exact) mass is 440 g/mol. The van der Waals surface area contributed by atoms with Crippen LogP contribution in [0.1, 0.15) is 0 Å². The Morgan fingerprint density at radius 3 is 2.67 bits per heavy atom. The molecule has 0 aliphatic rings. The number of benzene rings is 2. The summed E-state index contributed by atoms with van der Waals surface area (Å²) in [6.07, 6.45) is 0. The number of nitrogen functional groups attached to an aromatic ring is 1. The molecule has 0 fully saturated rings. The van der Waals surface area contributed by atoms with E-state index in [0.29, 0.717) is 25.7 Å². The molecule has 0 atom stereocenters. The maximum Gasteiger partial charge on any atom is 0.138 e. The molecule has 2 aromatic rings. The van der Waals surface area contributed by atoms with Gasteiger partial charge in [0.25, 0.3) is 0 Å². The van der Waals surface area contributed by atoms with Crippen molar-refractivity contribution in [2.75, 3.05) is 11.1 Å². The van der Waals surface area contributed by atoms with Crippen molar-refractivity contribution in [3.8, 4) is 0 Å². The summed E-state index contributed by atoms with van der Waals surface area (Å²) in [6.45, 7) is 0. The van der Waals surface area contributed by atoms with Gasteiger partial charge in [-0.25, -0.2) is 4.39 Å². The topological polar surface area (TPSA) is 38.0 Å². The summed E-state index contributed by atoms with van der Waals surface area (Å²) in [5, 5.41) is 3.56. The lowest BCUT2D eigenvalue weighted by atomic mass is 10.2. The first-order valence-electron chi connectivity index (χ1n) is 4.94. The molecular formula is C12H8BrClFIN2. The minimum atomic E-state index is -0.321. The van der Waals surface area contributed by atoms with Crippen LogP contribution in [0.3, 0.4) is 0 Å². The number of hydrogen-bond acceptors (Lipinski definition) is 2. The van der Waals surface area contributed by atoms with E-state index in [-0.39, 0.29) is 5.82 Å². The quantitative estimate of drug-likeness (QED) is 0.498. The molecule has 0 unspecified atom stereocenters. The van der Waals surface area contributed by atoms with Crippen molar-refractivity contribution in [3.05, 3.63) is 49.2 Å². The first-order chi connectivity index (χ1) is 8.47. The summed E-state index contributed by atoms with van der Waals surface area (Å²) in [5.74, 6) is -0.321. The summed E-state index contributed by atoms with van der Waals surface area (Å²) < 4.78 is 14.9. The van der Waals surface area contributed by atoms with Crippen molar-refractivity contribution >= 4 is 67.2 Å². The normalized spacial score (nSPS) is 10.4. The van der Waals surface area contributed by atoms with E-state index in [2.05, 4.69) is 21.2 Å². The zero-order chi connectivity index (χ0) is 13.3. The van der Waals surface area contributed by atoms with E-state index in [9.17, 15) is 4.39 Å². The molecule has 0 radical (unpaired) electrons. The van der Waals surface area contributed by atoms with Crippen LogP contribution in [0.4, 0.5) is 21.5 Å². The lowest BCUT2D eigenvalue weighted by Gasteiger charge is -2.12. The van der Waals surface area contributed by atoms with Gasteiger partial charge in [-0.3, -0.25) is 0 Å². The summed E-state index contributed by atoms with van der Waals surface area (Å²) in [6, 6.07) is 8.30. The van der Waals surface area contributed by atoms with E-state index in [0.717, 1.165) is 4.47 Å². The third-order valence-electron chi connectivity index (χ3n) is 2.29. The molecule has 94 valence electrons. The second-order valence-electron chi connectivity index (χ2n) is 3.60. The SMILES string of the molecule is Nc1cc(I)c(F)cc1Nc1cc(Br)ccc1Cl. The Morgan fingerprint density at radius 2 is 1.94 bits per heavy atom. The first-order valence-corrected chi connectivity index (χ1v) is 7.19. The van der Waals surface area contributed by atoms with E-state index >= 15 is 0 Å². The van der Waals surface area contributed by atoms with Crippen LogP contribution in [-0.4, -0.2) is 0 Å². The number of hydrogen-bond donors (Lipinski definition) is 2. The molecule has 0 saturated carbocycles. The van der Waals surface area contributed by atoms with Crippen LogP contribution in [0.2, 0.25) is 5.02 Å². The average Bonchev–Trinajstić information content (AvgIpc) is 2.30. The number of nitrogens with two attached hydrogens (primary N) is 1. The minimum Gasteiger partial charge on any atom is -0.397 e. The molecule has 2 aromatic carbocycles. The Bertz CT molecular complexity index is 607. The predicted molar refractivity (Wildman–Crippen MR) is 86.0 cm³/mol. The van der Waals surface area contributed by atoms with Crippen molar-refractivity contribution in [2.24, 2.45) is 0 Å². The summed E-state index contributed by atoms with van der Waals surface area (Å²) in [4.78, 5) is 0. The van der Waals surface area contributed by atoms with Crippen molar-refractivity contribution in [3.63, 3.8) is 0 Å². The van der Waals surface area contributed by atoms with E-state index in [4.69, 9.17) is 17.3 Å². The molecule has 0 saturated heterocycles. The summed E-state index contributed by atoms with van der Waals surface area (Å²) >= 11 is 11.3. The fourth-order valence-electron chi connectivity index (χ4n) is 1.41. The van der Waals surface area contributed by atoms with E-state index in [1.807, 2.05) is 28.7 Å². The highest BCUT2D eigenvalue weighted by Crippen LogP contribution is 2.32. The van der Waals surface area contributed by atoms with Crippen molar-refractivity contribution in [1.82, 2.24) is 0 Å². The van der Waals surface area contributed by atoms with Crippen LogP contribution in [0.15, 0.2) is 34.8 Å². The van der Waals surface area contributed by atoms with E-state index < -0.39 is 0 Å². The van der Waals surface area contributed by atoms with Crippen LogP contribution >= 0.6 is 50.1 Å². The van der Waals surface area contributed by atoms with Gasteiger partial charge in [0.05, 0.1) is 25.7 Å². The lowest BCUT2D eigenvalue weighted by Crippen LogP contribution is -1.99. The summed E-state index contributed by atoms with van der Waals surface area (Å²) in [5.41, 5.74) is 7.47. The van der Waals surface area contributed by atoms with E-state index in [1.54, 1.807) is 18.2 Å². The third-order valence-corrected chi connectivity index (χ3v) is 3.94. The lowest BCUT2D eigenvalue weighted by molar-refractivity contribution is 0.621. The highest BCUT2D eigenvalue weighted by atomic mass is 127. The predicted octanol–water partition coefficient (Wildman–Crippen LogP) is 5.17. The Hall–Kier alpha value is -0.530. The number of nitrogens with one attached hydrogen (secondary N) is 1. The highest BCUT2D eigenvalue weighted by molar-refractivity contribution is 14.1. The zero-order valence-electron chi connectivity index (χ0n) is 8.98. The highest BCUT2D eigenvalue weighted by Gasteiger charge is 2.08. The van der Waals surface area contributed by atoms with Crippen LogP contribution in [0.25, 0.3) is 0 Å². The maximum absolute atomic E-state index is 13.5. The Balaban J connectivity index is 2.40. The van der Waals surface area contributed by atoms with Gasteiger partial charge in [0.1, 0.15) is 5.82 Å². The molecule has 0 amide bonds. The number of anilines is 3. The van der Waals surface area contributed by atoms with Gasteiger partial charge in [-0.1, -0.05) is 27.5 Å². The van der Waals surface area contributed by atoms with Gasteiger partial charge in [-0.05, 0) is 46.9 Å². The average molecular weight is 441 g/mol. The summed E-state index contributed by atoms with van der Waals surface area (Å²) in [7, 11) is 0. The molecule has 0 heterocycles. The minimum absolute atomic E-state index is 0.321. The molecule has 0 aliphatic carbocycles. The van der Waals surface area contributed by atoms with Crippen LogP contribution in [0.5, 0.6) is 0 Å². The van der Waals surface area contributed by atoms with Gasteiger partial charge in [-0.2, -0.15) is 0 Å². The standard InChI is InChI=1S/C12H8BrClFIN2/c13-6-1-2-7(14)11(3-6)18-12-4-8(15)9(16)5-10(12)17/h1-5,18H,17H2. The molecular weight excluding hydrogens is 433 g/mol. The van der Waals surface area contributed by atoms with Crippen molar-refractivity contribution in [1.29, 1.82) is 0 Å². The molecule has 18 heavy (non-hydrogen) atoms. The second-order valence-corrected chi connectivity index (χ2v) is 6.09. The van der Waals surface area contributed by atoms with Crippen LogP contribution in [0, 0.1) is 9.39 Å². The molecule has 0 spiro atoms. The number of halogens is 4. The number of rotatable bonds is 2. The smallest absolute Gasteiger partial charge is 0.138 e. The molecule has 0 aliphatic heterocycles. The van der Waals surface area contributed by atoms with Gasteiger partial charge in [0.15, 0.2) is 0 Å². The fraction of sp³-hybridized carbons (Fsp3) is 0. The Kier molecular flexibility index (Phi) is 4.34.